The summed E-state index contributed by atoms with van der Waals surface area (Å²) in [5, 5.41) is -0.634. The minimum absolute atomic E-state index is 0. The van der Waals surface area contributed by atoms with E-state index in [4.69, 9.17) is 17.2 Å². The molecule has 3 N–H and O–H groups in total. The van der Waals surface area contributed by atoms with E-state index in [1.54, 1.807) is 0 Å². The Bertz CT molecular complexity index is 431. The fourth-order valence-corrected chi connectivity index (χ4v) is 2.88. The van der Waals surface area contributed by atoms with Gasteiger partial charge in [-0.2, -0.15) is 38.5 Å². The van der Waals surface area contributed by atoms with Gasteiger partial charge in [-0.1, -0.05) is 59.3 Å². The quantitative estimate of drug-likeness (QED) is 0.194. The summed E-state index contributed by atoms with van der Waals surface area (Å²) in [6.45, 7) is 13.9. The van der Waals surface area contributed by atoms with E-state index in [2.05, 4.69) is 0 Å². The smallest absolute Gasteiger partial charge is 0.677 e. The molecule has 0 fully saturated rings. The molecule has 1 rings (SSSR count). The monoisotopic (exact) mass is 627 g/mol. The van der Waals surface area contributed by atoms with Crippen molar-refractivity contribution in [2.75, 3.05) is 19.6 Å². The number of hydrogen-bond donors (Lipinski definition) is 0. The summed E-state index contributed by atoms with van der Waals surface area (Å²) in [4.78, 5) is 0. The third-order valence-corrected chi connectivity index (χ3v) is 5.26. The van der Waals surface area contributed by atoms with Crippen LogP contribution in [0.3, 0.4) is 0 Å². The molecule has 11 heteroatoms. The van der Waals surface area contributed by atoms with E-state index in [0.29, 0.717) is 37.4 Å². The molecule has 1 aromatic rings. The van der Waals surface area contributed by atoms with Crippen LogP contribution in [0.5, 0.6) is 0 Å². The largest absolute Gasteiger partial charge is 4.00 e. The van der Waals surface area contributed by atoms with Crippen LogP contribution in [0.25, 0.3) is 17.2 Å². The van der Waals surface area contributed by atoms with Gasteiger partial charge in [-0.05, 0) is 0 Å². The summed E-state index contributed by atoms with van der Waals surface area (Å²) in [7, 11) is -4.92. The Morgan fingerprint density at radius 1 is 0.667 bits per heavy atom. The molecule has 0 bridgehead atoms. The van der Waals surface area contributed by atoms with E-state index in [-0.39, 0.29) is 25.8 Å². The van der Waals surface area contributed by atoms with Crippen molar-refractivity contribution in [3.8, 4) is 0 Å². The molecule has 30 heavy (non-hydrogen) atoms. The second kappa shape index (κ2) is 19.6. The van der Waals surface area contributed by atoms with E-state index >= 15 is 0 Å². The summed E-state index contributed by atoms with van der Waals surface area (Å²) in [6, 6.07) is 4.09. The fourth-order valence-electron chi connectivity index (χ4n) is 1.14. The van der Waals surface area contributed by atoms with Crippen molar-refractivity contribution >= 4 is 14.0 Å². The first-order valence-electron chi connectivity index (χ1n) is 9.33. The van der Waals surface area contributed by atoms with Gasteiger partial charge in [0.05, 0.1) is 0 Å². The Morgan fingerprint density at radius 2 is 0.867 bits per heavy atom. The Labute approximate surface area is 197 Å². The summed E-state index contributed by atoms with van der Waals surface area (Å²) >= 11 is 0. The number of rotatable bonds is 4. The molecule has 0 aliphatic rings. The van der Waals surface area contributed by atoms with E-state index < -0.39 is 25.6 Å². The van der Waals surface area contributed by atoms with E-state index in [1.165, 1.54) is 12.1 Å². The molecular formula is C19H35F6HfN3Si. The van der Waals surface area contributed by atoms with Crippen molar-refractivity contribution in [2.24, 2.45) is 17.8 Å². The molecule has 0 radical (unpaired) electrons. The van der Waals surface area contributed by atoms with Crippen LogP contribution in [-0.4, -0.2) is 40.0 Å². The molecule has 0 spiro atoms. The van der Waals surface area contributed by atoms with Crippen LogP contribution in [0.2, 0.25) is 0 Å². The van der Waals surface area contributed by atoms with Gasteiger partial charge in [0.25, 0.3) is 8.80 Å². The molecule has 0 saturated heterocycles. The molecule has 0 amide bonds. The Morgan fingerprint density at radius 3 is 1.00 bits per heavy atom. The first-order chi connectivity index (χ1) is 13.0. The van der Waals surface area contributed by atoms with Crippen molar-refractivity contribution in [2.45, 2.75) is 53.1 Å². The number of alkyl halides is 6. The molecule has 0 heterocycles. The summed E-state index contributed by atoms with van der Waals surface area (Å²) in [5.41, 5.74) is 20.0. The average Bonchev–Trinajstić information content (AvgIpc) is 3.07. The van der Waals surface area contributed by atoms with Gasteiger partial charge in [-0.3, -0.25) is 0 Å². The maximum Gasteiger partial charge on any atom is 4.00 e. The average molecular weight is 626 g/mol. The predicted molar refractivity (Wildman–Crippen MR) is 113 cm³/mol. The standard InChI is InChI=1S/C7H5F6Si.3C4H10N.Hf/c8-6(9,10)14(7(11,12)13)5-3-1-2-4-5;3*1-4(2)3-5;/h1-4,14H;3*4-5H,3H2,1-2H3;/q4*-1;+4. The van der Waals surface area contributed by atoms with Crippen molar-refractivity contribution in [3.05, 3.63) is 41.5 Å². The molecule has 0 unspecified atom stereocenters. The third-order valence-electron chi connectivity index (χ3n) is 2.90. The zero-order chi connectivity index (χ0) is 23.8. The molecule has 0 aliphatic heterocycles. The topological polar surface area (TPSA) is 71.4 Å². The van der Waals surface area contributed by atoms with Crippen LogP contribution in [0, 0.1) is 17.8 Å². The Hall–Kier alpha value is -0.103. The first-order valence-corrected chi connectivity index (χ1v) is 11.1. The Kier molecular flexibility index (Phi) is 24.3. The van der Waals surface area contributed by atoms with Gasteiger partial charge in [-0.25, -0.2) is 12.1 Å². The van der Waals surface area contributed by atoms with Crippen molar-refractivity contribution < 1.29 is 52.2 Å². The summed E-state index contributed by atoms with van der Waals surface area (Å²) in [6.07, 6.45) is 0. The van der Waals surface area contributed by atoms with Crippen LogP contribution in [-0.2, 0) is 25.8 Å². The second-order valence-electron chi connectivity index (χ2n) is 7.53. The maximum absolute atomic E-state index is 12.1. The van der Waals surface area contributed by atoms with E-state index in [9.17, 15) is 26.3 Å². The zero-order valence-electron chi connectivity index (χ0n) is 18.5. The second-order valence-corrected chi connectivity index (χ2v) is 10.4. The van der Waals surface area contributed by atoms with Crippen molar-refractivity contribution in [3.63, 3.8) is 0 Å². The van der Waals surface area contributed by atoms with Gasteiger partial charge in [0.15, 0.2) is 0 Å². The molecule has 3 nitrogen and oxygen atoms in total. The van der Waals surface area contributed by atoms with Crippen molar-refractivity contribution in [1.82, 2.24) is 0 Å². The fraction of sp³-hybridized carbons (Fsp3) is 0.737. The van der Waals surface area contributed by atoms with Crippen LogP contribution in [0.15, 0.2) is 24.3 Å². The summed E-state index contributed by atoms with van der Waals surface area (Å²) < 4.78 is 72.7. The van der Waals surface area contributed by atoms with Gasteiger partial charge in [-0.15, -0.1) is 24.8 Å². The number of hydrogen-bond acceptors (Lipinski definition) is 0. The Balaban J connectivity index is -0.000000176. The van der Waals surface area contributed by atoms with Gasteiger partial charge in [0.1, 0.15) is 0 Å². The van der Waals surface area contributed by atoms with Gasteiger partial charge < -0.3 is 17.2 Å². The van der Waals surface area contributed by atoms with E-state index in [0.717, 1.165) is 12.1 Å². The minimum Gasteiger partial charge on any atom is -0.677 e. The number of nitrogens with one attached hydrogen (secondary N) is 3. The minimum atomic E-state index is -5.16. The molecule has 0 atom stereocenters. The number of halogens is 6. The zero-order valence-corrected chi connectivity index (χ0v) is 23.3. The van der Waals surface area contributed by atoms with Gasteiger partial charge in [0, 0.05) is 0 Å². The predicted octanol–water partition coefficient (Wildman–Crippen LogP) is 7.12. The summed E-state index contributed by atoms with van der Waals surface area (Å²) in [5.74, 6) is -8.67. The van der Waals surface area contributed by atoms with Crippen LogP contribution >= 0.6 is 0 Å². The molecule has 176 valence electrons. The van der Waals surface area contributed by atoms with Crippen LogP contribution < -0.4 is 5.19 Å². The maximum atomic E-state index is 12.1. The molecular weight excluding hydrogens is 591 g/mol. The first kappa shape index (κ1) is 37.2. The molecule has 0 saturated carbocycles. The SMILES string of the molecule is CC(C)C[NH-].CC(C)C[NH-].CC(C)C[NH-].FC(F)(F)[SiH]([c-]1cccc1)C(F)(F)F.[Hf+4]. The molecule has 0 aromatic heterocycles. The van der Waals surface area contributed by atoms with Crippen LogP contribution in [0.1, 0.15) is 41.5 Å². The molecule has 1 aromatic carbocycles. The van der Waals surface area contributed by atoms with Gasteiger partial charge >= 0.3 is 37.4 Å². The van der Waals surface area contributed by atoms with Crippen molar-refractivity contribution in [1.29, 1.82) is 0 Å². The molecule has 0 aliphatic carbocycles. The van der Waals surface area contributed by atoms with Crippen LogP contribution in [0.4, 0.5) is 26.3 Å². The normalized spacial score (nSPS) is 11.2. The third kappa shape index (κ3) is 24.2. The van der Waals surface area contributed by atoms with Gasteiger partial charge in [0.2, 0.25) is 0 Å². The van der Waals surface area contributed by atoms with E-state index in [1.807, 2.05) is 41.5 Å².